The van der Waals surface area contributed by atoms with E-state index in [9.17, 15) is 4.79 Å². The molecule has 0 unspecified atom stereocenters. The normalized spacial score (nSPS) is 11.0. The number of ether oxygens (including phenoxy) is 2. The van der Waals surface area contributed by atoms with Crippen LogP contribution < -0.4 is 10.1 Å². The van der Waals surface area contributed by atoms with E-state index in [1.165, 1.54) is 7.11 Å². The highest BCUT2D eigenvalue weighted by Gasteiger charge is 2.17. The van der Waals surface area contributed by atoms with Crippen LogP contribution in [0.2, 0.25) is 0 Å². The molecular formula is C28H26N6O3. The zero-order chi connectivity index (χ0) is 25.8. The van der Waals surface area contributed by atoms with Gasteiger partial charge in [-0.1, -0.05) is 42.5 Å². The Kier molecular flexibility index (Phi) is 6.76. The maximum atomic E-state index is 12.3. The van der Waals surface area contributed by atoms with E-state index in [2.05, 4.69) is 34.3 Å². The molecule has 1 N–H and O–H groups in total. The van der Waals surface area contributed by atoms with Crippen molar-refractivity contribution in [3.63, 3.8) is 0 Å². The smallest absolute Gasteiger partial charge is 0.356 e. The van der Waals surface area contributed by atoms with Gasteiger partial charge in [0.2, 0.25) is 0 Å². The molecule has 3 heterocycles. The number of pyridine rings is 2. The lowest BCUT2D eigenvalue weighted by Crippen LogP contribution is -2.07. The zero-order valence-corrected chi connectivity index (χ0v) is 20.8. The third-order valence-electron chi connectivity index (χ3n) is 5.80. The van der Waals surface area contributed by atoms with Crippen LogP contribution in [-0.2, 0) is 11.3 Å². The highest BCUT2D eigenvalue weighted by atomic mass is 16.5. The first-order valence-electron chi connectivity index (χ1n) is 11.9. The predicted molar refractivity (Wildman–Crippen MR) is 141 cm³/mol. The lowest BCUT2D eigenvalue weighted by atomic mass is 10.1. The summed E-state index contributed by atoms with van der Waals surface area (Å²) in [5, 5.41) is 12.4. The minimum Gasteiger partial charge on any atom is -0.488 e. The van der Waals surface area contributed by atoms with Crippen LogP contribution in [0.5, 0.6) is 5.75 Å². The molecule has 0 aliphatic rings. The van der Waals surface area contributed by atoms with Crippen molar-refractivity contribution < 1.29 is 14.3 Å². The molecule has 0 amide bonds. The molecule has 2 aromatic carbocycles. The van der Waals surface area contributed by atoms with Crippen LogP contribution in [0.1, 0.15) is 35.9 Å². The number of rotatable bonds is 8. The summed E-state index contributed by atoms with van der Waals surface area (Å²) in [4.78, 5) is 21.6. The number of fused-ring (bicyclic) bond motifs is 1. The molecule has 3 aromatic heterocycles. The van der Waals surface area contributed by atoms with Crippen LogP contribution >= 0.6 is 0 Å². The van der Waals surface area contributed by atoms with Crippen molar-refractivity contribution >= 4 is 28.4 Å². The fourth-order valence-electron chi connectivity index (χ4n) is 3.98. The van der Waals surface area contributed by atoms with E-state index in [0.29, 0.717) is 35.2 Å². The number of nitrogens with zero attached hydrogens (tertiary/aromatic N) is 5. The van der Waals surface area contributed by atoms with Gasteiger partial charge in [-0.15, -0.1) is 10.2 Å². The Morgan fingerprint density at radius 2 is 1.81 bits per heavy atom. The molecule has 0 radical (unpaired) electrons. The predicted octanol–water partition coefficient (Wildman–Crippen LogP) is 5.58. The molecule has 0 aliphatic heterocycles. The number of carbonyl (C=O) groups is 1. The van der Waals surface area contributed by atoms with E-state index < -0.39 is 5.97 Å². The number of benzene rings is 2. The van der Waals surface area contributed by atoms with Crippen molar-refractivity contribution in [2.45, 2.75) is 26.5 Å². The topological polar surface area (TPSA) is 104 Å². The molecular weight excluding hydrogens is 468 g/mol. The van der Waals surface area contributed by atoms with Crippen LogP contribution in [0.4, 0.5) is 11.5 Å². The second-order valence-corrected chi connectivity index (χ2v) is 8.66. The number of esters is 1. The number of anilines is 2. The molecule has 0 bridgehead atoms. The van der Waals surface area contributed by atoms with Gasteiger partial charge >= 0.3 is 5.97 Å². The standard InChI is InChI=1S/C28H26N6O3/c1-18(2)34-17-29-33-27(34)22-13-8-14-25(32-22)31-21-12-7-11-20-26(21)24(15-23(30-20)28(35)36-3)37-16-19-9-5-4-6-10-19/h4-15,17-18H,16H2,1-3H3,(H,31,32). The number of methoxy groups -OCH3 is 1. The molecule has 5 aromatic rings. The van der Waals surface area contributed by atoms with Gasteiger partial charge in [0.05, 0.1) is 23.7 Å². The summed E-state index contributed by atoms with van der Waals surface area (Å²) in [5.74, 6) is 1.28. The average Bonchev–Trinajstić information content (AvgIpc) is 3.43. The fraction of sp³-hybridized carbons (Fsp3) is 0.179. The fourth-order valence-corrected chi connectivity index (χ4v) is 3.98. The van der Waals surface area contributed by atoms with E-state index in [-0.39, 0.29) is 11.7 Å². The summed E-state index contributed by atoms with van der Waals surface area (Å²) in [6.45, 7) is 4.46. The van der Waals surface area contributed by atoms with Crippen molar-refractivity contribution in [3.05, 3.63) is 90.4 Å². The summed E-state index contributed by atoms with van der Waals surface area (Å²) in [6.07, 6.45) is 1.70. The summed E-state index contributed by atoms with van der Waals surface area (Å²) in [7, 11) is 1.33. The highest BCUT2D eigenvalue weighted by Crippen LogP contribution is 2.35. The monoisotopic (exact) mass is 494 g/mol. The number of aromatic nitrogens is 5. The van der Waals surface area contributed by atoms with E-state index in [1.54, 1.807) is 12.4 Å². The summed E-state index contributed by atoms with van der Waals surface area (Å²) < 4.78 is 13.1. The maximum absolute atomic E-state index is 12.3. The molecule has 0 atom stereocenters. The second kappa shape index (κ2) is 10.4. The third kappa shape index (κ3) is 5.11. The molecule has 0 spiro atoms. The molecule has 186 valence electrons. The van der Waals surface area contributed by atoms with Gasteiger partial charge in [0.25, 0.3) is 0 Å². The van der Waals surface area contributed by atoms with E-state index in [4.69, 9.17) is 14.5 Å². The van der Waals surface area contributed by atoms with Crippen LogP contribution in [0.15, 0.2) is 79.1 Å². The van der Waals surface area contributed by atoms with Crippen LogP contribution in [0.3, 0.4) is 0 Å². The van der Waals surface area contributed by atoms with Gasteiger partial charge in [0, 0.05) is 12.1 Å². The minimum absolute atomic E-state index is 0.170. The molecule has 9 heteroatoms. The van der Waals surface area contributed by atoms with Crippen LogP contribution in [0, 0.1) is 0 Å². The van der Waals surface area contributed by atoms with Gasteiger partial charge in [-0.2, -0.15) is 0 Å². The Morgan fingerprint density at radius 3 is 2.59 bits per heavy atom. The first-order valence-corrected chi connectivity index (χ1v) is 11.9. The maximum Gasteiger partial charge on any atom is 0.356 e. The first kappa shape index (κ1) is 23.9. The highest BCUT2D eigenvalue weighted by molar-refractivity contribution is 6.01. The summed E-state index contributed by atoms with van der Waals surface area (Å²) >= 11 is 0. The van der Waals surface area contributed by atoms with Gasteiger partial charge in [-0.3, -0.25) is 0 Å². The Labute approximate surface area is 214 Å². The summed E-state index contributed by atoms with van der Waals surface area (Å²) in [5.41, 5.74) is 3.19. The van der Waals surface area contributed by atoms with Gasteiger partial charge in [0.1, 0.15) is 30.2 Å². The Bertz CT molecular complexity index is 1550. The van der Waals surface area contributed by atoms with Crippen LogP contribution in [-0.4, -0.2) is 37.8 Å². The molecule has 37 heavy (non-hydrogen) atoms. The molecule has 0 fully saturated rings. The SMILES string of the molecule is COC(=O)c1cc(OCc2ccccc2)c2c(Nc3cccc(-c4nncn4C(C)C)n3)cccc2n1. The van der Waals surface area contributed by atoms with Crippen molar-refractivity contribution in [2.75, 3.05) is 12.4 Å². The molecule has 0 saturated carbocycles. The first-order chi connectivity index (χ1) is 18.0. The van der Waals surface area contributed by atoms with E-state index in [1.807, 2.05) is 71.3 Å². The molecule has 0 aliphatic carbocycles. The Morgan fingerprint density at radius 1 is 1.00 bits per heavy atom. The van der Waals surface area contributed by atoms with Gasteiger partial charge in [-0.05, 0) is 43.7 Å². The zero-order valence-electron chi connectivity index (χ0n) is 20.8. The third-order valence-corrected chi connectivity index (χ3v) is 5.80. The lowest BCUT2D eigenvalue weighted by Gasteiger charge is -2.15. The Balaban J connectivity index is 1.54. The van der Waals surface area contributed by atoms with Gasteiger partial charge in [0.15, 0.2) is 11.5 Å². The van der Waals surface area contributed by atoms with Crippen molar-refractivity contribution in [1.82, 2.24) is 24.7 Å². The van der Waals surface area contributed by atoms with Crippen molar-refractivity contribution in [2.24, 2.45) is 0 Å². The summed E-state index contributed by atoms with van der Waals surface area (Å²) in [6, 6.07) is 22.9. The second-order valence-electron chi connectivity index (χ2n) is 8.66. The van der Waals surface area contributed by atoms with Gasteiger partial charge < -0.3 is 19.4 Å². The average molecular weight is 495 g/mol. The largest absolute Gasteiger partial charge is 0.488 e. The van der Waals surface area contributed by atoms with E-state index >= 15 is 0 Å². The van der Waals surface area contributed by atoms with Gasteiger partial charge in [-0.25, -0.2) is 14.8 Å². The quantitative estimate of drug-likeness (QED) is 0.279. The Hall–Kier alpha value is -4.79. The molecule has 9 nitrogen and oxygen atoms in total. The van der Waals surface area contributed by atoms with Crippen LogP contribution in [0.25, 0.3) is 22.4 Å². The van der Waals surface area contributed by atoms with E-state index in [0.717, 1.165) is 16.6 Å². The van der Waals surface area contributed by atoms with Crippen molar-refractivity contribution in [3.8, 4) is 17.3 Å². The molecule has 0 saturated heterocycles. The number of hydrogen-bond acceptors (Lipinski definition) is 8. The minimum atomic E-state index is -0.534. The van der Waals surface area contributed by atoms with Crippen molar-refractivity contribution in [1.29, 1.82) is 0 Å². The number of nitrogens with one attached hydrogen (secondary N) is 1. The molecule has 5 rings (SSSR count). The number of hydrogen-bond donors (Lipinski definition) is 1. The number of carbonyl (C=O) groups excluding carboxylic acids is 1. The lowest BCUT2D eigenvalue weighted by molar-refractivity contribution is 0.0594.